The molecule has 50 valence electrons. The van der Waals surface area contributed by atoms with E-state index in [1.165, 1.54) is 0 Å². The molecule has 0 aromatic carbocycles. The van der Waals surface area contributed by atoms with Gasteiger partial charge in [0.05, 0.1) is 6.61 Å². The average Bonchev–Trinajstić information content (AvgIpc) is 2.15. The third-order valence-electron chi connectivity index (χ3n) is 1.58. The summed E-state index contributed by atoms with van der Waals surface area (Å²) in [6.45, 7) is 1.98. The third kappa shape index (κ3) is 0.823. The Bertz CT molecular complexity index is 152. The van der Waals surface area contributed by atoms with Gasteiger partial charge in [-0.05, 0) is 6.92 Å². The maximum Gasteiger partial charge on any atom is 0.319 e. The van der Waals surface area contributed by atoms with Gasteiger partial charge in [-0.1, -0.05) is 0 Å². The second-order valence-electron chi connectivity index (χ2n) is 2.42. The number of cyclic esters (lactones) is 1. The Labute approximate surface area is 53.0 Å². The van der Waals surface area contributed by atoms with E-state index in [9.17, 15) is 9.59 Å². The van der Waals surface area contributed by atoms with Crippen LogP contribution in [0, 0.1) is 5.41 Å². The van der Waals surface area contributed by atoms with Gasteiger partial charge in [0.25, 0.3) is 0 Å². The van der Waals surface area contributed by atoms with Crippen molar-refractivity contribution in [3.63, 3.8) is 0 Å². The Balaban J connectivity index is 2.78. The molecule has 0 amide bonds. The Kier molecular flexibility index (Phi) is 1.27. The van der Waals surface area contributed by atoms with Crippen LogP contribution in [0.25, 0.3) is 0 Å². The van der Waals surface area contributed by atoms with Crippen LogP contribution in [0.1, 0.15) is 13.3 Å². The molecule has 0 aliphatic carbocycles. The first-order chi connectivity index (χ1) is 4.19. The largest absolute Gasteiger partial charge is 0.465 e. The van der Waals surface area contributed by atoms with Crippen molar-refractivity contribution in [2.24, 2.45) is 5.41 Å². The zero-order valence-corrected chi connectivity index (χ0v) is 5.22. The van der Waals surface area contributed by atoms with Crippen LogP contribution in [-0.2, 0) is 14.3 Å². The number of rotatable bonds is 1. The fourth-order valence-corrected chi connectivity index (χ4v) is 0.730. The molecule has 0 bridgehead atoms. The normalized spacial score (nSPS) is 34.1. The predicted molar refractivity (Wildman–Crippen MR) is 29.7 cm³/mol. The molecule has 1 heterocycles. The second-order valence-corrected chi connectivity index (χ2v) is 2.42. The van der Waals surface area contributed by atoms with Crippen molar-refractivity contribution >= 4 is 12.3 Å². The third-order valence-corrected chi connectivity index (χ3v) is 1.58. The van der Waals surface area contributed by atoms with Crippen LogP contribution in [-0.4, -0.2) is 18.9 Å². The molecule has 1 atom stereocenters. The van der Waals surface area contributed by atoms with Crippen LogP contribution in [0.2, 0.25) is 0 Å². The fourth-order valence-electron chi connectivity index (χ4n) is 0.730. The van der Waals surface area contributed by atoms with E-state index in [2.05, 4.69) is 4.74 Å². The number of aldehydes is 1. The fraction of sp³-hybridized carbons (Fsp3) is 0.667. The van der Waals surface area contributed by atoms with Crippen molar-refractivity contribution in [1.82, 2.24) is 0 Å². The summed E-state index contributed by atoms with van der Waals surface area (Å²) in [4.78, 5) is 20.9. The van der Waals surface area contributed by atoms with E-state index < -0.39 is 11.4 Å². The van der Waals surface area contributed by atoms with Gasteiger partial charge < -0.3 is 9.53 Å². The minimum atomic E-state index is -0.847. The molecule has 1 saturated heterocycles. The molecule has 3 heteroatoms. The number of ether oxygens (including phenoxy) is 1. The van der Waals surface area contributed by atoms with Gasteiger partial charge in [-0.2, -0.15) is 0 Å². The summed E-state index contributed by atoms with van der Waals surface area (Å²) in [5.41, 5.74) is -0.847. The van der Waals surface area contributed by atoms with E-state index >= 15 is 0 Å². The van der Waals surface area contributed by atoms with E-state index in [1.54, 1.807) is 6.92 Å². The minimum absolute atomic E-state index is 0.383. The number of carbonyl (C=O) groups excluding carboxylic acids is 2. The van der Waals surface area contributed by atoms with Crippen molar-refractivity contribution in [2.75, 3.05) is 6.61 Å². The van der Waals surface area contributed by atoms with Crippen molar-refractivity contribution in [3.8, 4) is 0 Å². The maximum absolute atomic E-state index is 10.7. The summed E-state index contributed by atoms with van der Waals surface area (Å²) in [6, 6.07) is 0. The predicted octanol–water partition coefficient (Wildman–Crippen LogP) is 0.139. The quantitative estimate of drug-likeness (QED) is 0.286. The summed E-state index contributed by atoms with van der Waals surface area (Å²) in [7, 11) is 0. The smallest absolute Gasteiger partial charge is 0.319 e. The van der Waals surface area contributed by atoms with Gasteiger partial charge in [-0.15, -0.1) is 0 Å². The lowest BCUT2D eigenvalue weighted by molar-refractivity contribution is -0.147. The number of esters is 1. The molecular formula is C6H8O3. The summed E-state index contributed by atoms with van der Waals surface area (Å²) >= 11 is 0. The van der Waals surface area contributed by atoms with Gasteiger partial charge in [0, 0.05) is 6.42 Å². The summed E-state index contributed by atoms with van der Waals surface area (Å²) in [6.07, 6.45) is 1.18. The first-order valence-electron chi connectivity index (χ1n) is 2.82. The highest BCUT2D eigenvalue weighted by molar-refractivity contribution is 5.93. The number of hydrogen-bond acceptors (Lipinski definition) is 3. The molecule has 1 aliphatic rings. The van der Waals surface area contributed by atoms with Crippen molar-refractivity contribution in [2.45, 2.75) is 13.3 Å². The van der Waals surface area contributed by atoms with Gasteiger partial charge in [0.1, 0.15) is 11.7 Å². The van der Waals surface area contributed by atoms with E-state index in [1.807, 2.05) is 0 Å². The lowest BCUT2D eigenvalue weighted by Gasteiger charge is -2.06. The van der Waals surface area contributed by atoms with Gasteiger partial charge in [-0.3, -0.25) is 4.79 Å². The van der Waals surface area contributed by atoms with Crippen LogP contribution in [0.4, 0.5) is 0 Å². The molecule has 0 radical (unpaired) electrons. The van der Waals surface area contributed by atoms with E-state index in [0.717, 1.165) is 0 Å². The van der Waals surface area contributed by atoms with Crippen LogP contribution in [0.3, 0.4) is 0 Å². The number of carbonyl (C=O) groups is 2. The molecule has 1 aliphatic heterocycles. The van der Waals surface area contributed by atoms with Crippen molar-refractivity contribution in [1.29, 1.82) is 0 Å². The molecule has 1 rings (SSSR count). The van der Waals surface area contributed by atoms with E-state index in [-0.39, 0.29) is 0 Å². The summed E-state index contributed by atoms with van der Waals surface area (Å²) in [5.74, 6) is -0.391. The Morgan fingerprint density at radius 1 is 1.78 bits per heavy atom. The zero-order valence-electron chi connectivity index (χ0n) is 5.22. The van der Waals surface area contributed by atoms with Crippen LogP contribution >= 0.6 is 0 Å². The van der Waals surface area contributed by atoms with Crippen molar-refractivity contribution in [3.05, 3.63) is 0 Å². The molecule has 0 aromatic rings. The Morgan fingerprint density at radius 2 is 2.44 bits per heavy atom. The average molecular weight is 128 g/mol. The second kappa shape index (κ2) is 1.83. The standard InChI is InChI=1S/C6H8O3/c1-6(4-7)2-3-9-5(6)8/h4H,2-3H2,1H3/t6-/m1/s1. The van der Waals surface area contributed by atoms with Crippen LogP contribution < -0.4 is 0 Å². The van der Waals surface area contributed by atoms with E-state index in [0.29, 0.717) is 19.3 Å². The van der Waals surface area contributed by atoms with Gasteiger partial charge in [0.15, 0.2) is 0 Å². The monoisotopic (exact) mass is 128 g/mol. The first-order valence-corrected chi connectivity index (χ1v) is 2.82. The number of hydrogen-bond donors (Lipinski definition) is 0. The summed E-state index contributed by atoms with van der Waals surface area (Å²) < 4.78 is 4.59. The molecule has 0 unspecified atom stereocenters. The Morgan fingerprint density at radius 3 is 2.67 bits per heavy atom. The van der Waals surface area contributed by atoms with Gasteiger partial charge in [-0.25, -0.2) is 0 Å². The van der Waals surface area contributed by atoms with Crippen LogP contribution in [0.15, 0.2) is 0 Å². The Hall–Kier alpha value is -0.860. The molecule has 9 heavy (non-hydrogen) atoms. The lowest BCUT2D eigenvalue weighted by atomic mass is 9.92. The molecule has 1 fully saturated rings. The highest BCUT2D eigenvalue weighted by atomic mass is 16.5. The molecule has 0 spiro atoms. The van der Waals surface area contributed by atoms with Gasteiger partial charge >= 0.3 is 5.97 Å². The molecule has 0 aromatic heterocycles. The molecule has 0 N–H and O–H groups in total. The van der Waals surface area contributed by atoms with Gasteiger partial charge in [0.2, 0.25) is 0 Å². The SMILES string of the molecule is C[C@]1(C=O)CCOC1=O. The minimum Gasteiger partial charge on any atom is -0.465 e. The molecule has 3 nitrogen and oxygen atoms in total. The van der Waals surface area contributed by atoms with Crippen LogP contribution in [0.5, 0.6) is 0 Å². The van der Waals surface area contributed by atoms with Crippen molar-refractivity contribution < 1.29 is 14.3 Å². The molecular weight excluding hydrogens is 120 g/mol. The molecule has 0 saturated carbocycles. The lowest BCUT2D eigenvalue weighted by Crippen LogP contribution is -2.23. The maximum atomic E-state index is 10.7. The van der Waals surface area contributed by atoms with E-state index in [4.69, 9.17) is 0 Å². The topological polar surface area (TPSA) is 43.4 Å². The zero-order chi connectivity index (χ0) is 6.91. The highest BCUT2D eigenvalue weighted by Gasteiger charge is 2.39. The summed E-state index contributed by atoms with van der Waals surface area (Å²) in [5, 5.41) is 0. The highest BCUT2D eigenvalue weighted by Crippen LogP contribution is 2.25. The first kappa shape index (κ1) is 6.26.